The van der Waals surface area contributed by atoms with Gasteiger partial charge in [-0.15, -0.1) is 12.4 Å². The van der Waals surface area contributed by atoms with Crippen molar-refractivity contribution < 1.29 is 136 Å². The average Bonchev–Trinajstić information content (AvgIpc) is 2.71. The van der Waals surface area contributed by atoms with Crippen LogP contribution in [0.3, 0.4) is 0 Å². The molecule has 2 rings (SSSR count). The predicted octanol–water partition coefficient (Wildman–Crippen LogP) is -7.24. The summed E-state index contributed by atoms with van der Waals surface area (Å²) in [6.45, 7) is 2.50. The van der Waals surface area contributed by atoms with Crippen molar-refractivity contribution in [3.05, 3.63) is 71.3 Å². The number of halogens is 4. The molecule has 2 aromatic carbocycles. The first-order valence-electron chi connectivity index (χ1n) is 9.16. The Hall–Kier alpha value is 0.570. The summed E-state index contributed by atoms with van der Waals surface area (Å²) in [6, 6.07) is 13.9. The van der Waals surface area contributed by atoms with Gasteiger partial charge in [0.15, 0.2) is 0 Å². The van der Waals surface area contributed by atoms with E-state index in [-0.39, 0.29) is 114 Å². The summed E-state index contributed by atoms with van der Waals surface area (Å²) in [4.78, 5) is 39.1. The van der Waals surface area contributed by atoms with E-state index >= 15 is 0 Å². The van der Waals surface area contributed by atoms with Gasteiger partial charge in [0.25, 0.3) is 0 Å². The zero-order chi connectivity index (χ0) is 24.4. The SMILES string of the molecule is CC(Cc1cccc(C(F)(F)F)c1)NCCOC(=O)c1ccccc1.Cl.O=C([O-])P(=O)([O-])[O-].[Na+].[Na+].[Na+]. The van der Waals surface area contributed by atoms with Gasteiger partial charge in [-0.25, -0.2) is 4.79 Å². The van der Waals surface area contributed by atoms with Crippen LogP contribution < -0.4 is 109 Å². The topological polar surface area (TPSA) is 142 Å². The van der Waals surface area contributed by atoms with Crippen LogP contribution in [0.4, 0.5) is 18.0 Å². The molecule has 0 bridgehead atoms. The molecule has 0 aliphatic rings. The van der Waals surface area contributed by atoms with Crippen LogP contribution in [0.15, 0.2) is 54.6 Å². The number of hydrogen-bond acceptors (Lipinski definition) is 8. The molecule has 1 atom stereocenters. The second kappa shape index (κ2) is 21.4. The number of carboxylic acid groups (broad SMARTS) is 1. The van der Waals surface area contributed by atoms with E-state index in [4.69, 9.17) is 29.0 Å². The van der Waals surface area contributed by atoms with Crippen LogP contribution in [0.5, 0.6) is 0 Å². The molecule has 8 nitrogen and oxygen atoms in total. The van der Waals surface area contributed by atoms with E-state index in [9.17, 15) is 18.0 Å². The smallest absolute Gasteiger partial charge is 0.807 e. The maximum Gasteiger partial charge on any atom is 1.00 e. The van der Waals surface area contributed by atoms with E-state index in [1.54, 1.807) is 30.3 Å². The average molecular weight is 580 g/mol. The van der Waals surface area contributed by atoms with Crippen LogP contribution in [0.25, 0.3) is 0 Å². The van der Waals surface area contributed by atoms with Gasteiger partial charge in [0.1, 0.15) is 6.61 Å². The Morgan fingerprint density at radius 1 is 1.03 bits per heavy atom. The summed E-state index contributed by atoms with van der Waals surface area (Å²) >= 11 is 0. The van der Waals surface area contributed by atoms with Crippen LogP contribution in [0.1, 0.15) is 28.4 Å². The first-order chi connectivity index (χ1) is 14.8. The molecule has 0 aliphatic heterocycles. The Kier molecular flexibility index (Phi) is 25.9. The summed E-state index contributed by atoms with van der Waals surface area (Å²) in [5.41, 5.74) is -2.11. The van der Waals surface area contributed by atoms with Gasteiger partial charge in [0.2, 0.25) is 0 Å². The zero-order valence-electron chi connectivity index (χ0n) is 20.2. The van der Waals surface area contributed by atoms with E-state index in [0.29, 0.717) is 24.1 Å². The monoisotopic (exact) mass is 579 g/mol. The van der Waals surface area contributed by atoms with Crippen LogP contribution in [-0.4, -0.2) is 30.9 Å². The first kappa shape index (κ1) is 43.6. The number of alkyl halides is 3. The van der Waals surface area contributed by atoms with Gasteiger partial charge in [-0.05, 0) is 44.7 Å². The third kappa shape index (κ3) is 18.8. The molecule has 16 heteroatoms. The van der Waals surface area contributed by atoms with Crippen molar-refractivity contribution in [2.24, 2.45) is 0 Å². The second-order valence-corrected chi connectivity index (χ2v) is 7.88. The predicted molar refractivity (Wildman–Crippen MR) is 110 cm³/mol. The summed E-state index contributed by atoms with van der Waals surface area (Å²) in [6.07, 6.45) is -3.88. The number of nitrogens with one attached hydrogen (secondary N) is 1. The Morgan fingerprint density at radius 2 is 1.56 bits per heavy atom. The molecule has 0 spiro atoms. The number of ether oxygens (including phenoxy) is 1. The van der Waals surface area contributed by atoms with Crippen LogP contribution >= 0.6 is 20.0 Å². The van der Waals surface area contributed by atoms with Crippen molar-refractivity contribution in [3.8, 4) is 0 Å². The number of esters is 1. The van der Waals surface area contributed by atoms with Crippen LogP contribution in [0.2, 0.25) is 0 Å². The number of rotatable bonds is 8. The standard InChI is InChI=1S/C19H20F3NO2.CH3O5P.ClH.3Na/c1-14(12-15-6-5-9-17(13-15)19(20,21)22)23-10-11-25-18(24)16-7-3-2-4-8-16;2-1(3)7(4,5)6;;;;/h2-9,13-14,23H,10-12H2,1H3;(H,2,3)(H2,4,5,6);1H;;;/q;;;3*+1/p-3. The van der Waals surface area contributed by atoms with Gasteiger partial charge < -0.3 is 34.3 Å². The van der Waals surface area contributed by atoms with Crippen LogP contribution in [-0.2, 0) is 21.9 Å². The zero-order valence-corrected chi connectivity index (χ0v) is 28.0. The molecule has 0 aliphatic carbocycles. The maximum absolute atomic E-state index is 12.7. The molecule has 0 fully saturated rings. The van der Waals surface area contributed by atoms with E-state index in [2.05, 4.69) is 5.32 Å². The van der Waals surface area contributed by atoms with Crippen molar-refractivity contribution in [1.82, 2.24) is 5.32 Å². The van der Waals surface area contributed by atoms with E-state index in [1.165, 1.54) is 6.07 Å². The first-order valence-corrected chi connectivity index (χ1v) is 10.7. The Morgan fingerprint density at radius 3 is 2.03 bits per heavy atom. The Balaban J connectivity index is -0.000000411. The summed E-state index contributed by atoms with van der Waals surface area (Å²) in [7, 11) is -5.43. The molecule has 1 unspecified atom stereocenters. The molecule has 0 radical (unpaired) electrons. The van der Waals surface area contributed by atoms with Crippen molar-refractivity contribution in [1.29, 1.82) is 0 Å². The van der Waals surface area contributed by atoms with Gasteiger partial charge >= 0.3 is 101 Å². The quantitative estimate of drug-likeness (QED) is 0.141. The molecule has 0 amide bonds. The number of benzene rings is 2. The van der Waals surface area contributed by atoms with Gasteiger partial charge in [0.05, 0.1) is 16.8 Å². The molecule has 2 aromatic rings. The van der Waals surface area contributed by atoms with Crippen LogP contribution in [0, 0.1) is 0 Å². The fraction of sp³-hybridized carbons (Fsp3) is 0.300. The van der Waals surface area contributed by atoms with Gasteiger partial charge in [-0.2, -0.15) is 13.2 Å². The third-order valence-electron chi connectivity index (χ3n) is 3.86. The minimum absolute atomic E-state index is 0. The molecule has 0 saturated carbocycles. The third-order valence-corrected chi connectivity index (χ3v) is 4.30. The fourth-order valence-electron chi connectivity index (χ4n) is 2.41. The number of carbonyl (C=O) groups excluding carboxylic acids is 2. The number of hydrogen-bond donors (Lipinski definition) is 1. The molecule has 1 N–H and O–H groups in total. The number of carbonyl (C=O) groups is 2. The van der Waals surface area contributed by atoms with Crippen molar-refractivity contribution in [3.63, 3.8) is 0 Å². The van der Waals surface area contributed by atoms with Crippen molar-refractivity contribution >= 4 is 31.7 Å². The fourth-order valence-corrected chi connectivity index (χ4v) is 2.41. The van der Waals surface area contributed by atoms with Crippen molar-refractivity contribution in [2.45, 2.75) is 25.6 Å². The minimum Gasteiger partial charge on any atom is -0.807 e. The Labute approximate surface area is 279 Å². The maximum atomic E-state index is 12.7. The largest absolute Gasteiger partial charge is 1.00 e. The molecule has 184 valence electrons. The van der Waals surface area contributed by atoms with Gasteiger partial charge in [0, 0.05) is 12.6 Å². The molecule has 0 aromatic heterocycles. The summed E-state index contributed by atoms with van der Waals surface area (Å²) in [5.74, 6) is -0.395. The summed E-state index contributed by atoms with van der Waals surface area (Å²) in [5, 5.41) is 12.2. The molecular weight excluding hydrogens is 559 g/mol. The molecule has 0 heterocycles. The molecule has 0 saturated heterocycles. The van der Waals surface area contributed by atoms with E-state index in [1.807, 2.05) is 13.0 Å². The minimum atomic E-state index is -5.43. The van der Waals surface area contributed by atoms with Gasteiger partial charge in [-0.3, -0.25) is 0 Å². The Bertz CT molecular complexity index is 954. The second-order valence-electron chi connectivity index (χ2n) is 6.52. The molecular formula is C20H21ClF3NNa3O7P. The normalized spacial score (nSPS) is 10.9. The van der Waals surface area contributed by atoms with E-state index < -0.39 is 31.0 Å². The van der Waals surface area contributed by atoms with E-state index in [0.717, 1.165) is 12.1 Å². The molecule has 36 heavy (non-hydrogen) atoms. The summed E-state index contributed by atoms with van der Waals surface area (Å²) < 4.78 is 52.4. The van der Waals surface area contributed by atoms with Gasteiger partial charge in [-0.1, -0.05) is 36.4 Å². The van der Waals surface area contributed by atoms with Crippen molar-refractivity contribution in [2.75, 3.05) is 13.2 Å².